The lowest BCUT2D eigenvalue weighted by atomic mass is 9.92. The quantitative estimate of drug-likeness (QED) is 0.871. The highest BCUT2D eigenvalue weighted by atomic mass is 19.1. The highest BCUT2D eigenvalue weighted by Crippen LogP contribution is 2.50. The second-order valence-electron chi connectivity index (χ2n) is 6.27. The van der Waals surface area contributed by atoms with E-state index >= 15 is 0 Å². The standard InChI is InChI=1S/C17H15FN4O/c18-14-3-1-13(2-4-14)17(5-6-17)16(23)21-10-15(11-21)22-9-12(7-19)8-20-22/h1-4,8-9,15H,5-6,10-11H2. The topological polar surface area (TPSA) is 61.9 Å². The summed E-state index contributed by atoms with van der Waals surface area (Å²) in [4.78, 5) is 14.6. The summed E-state index contributed by atoms with van der Waals surface area (Å²) in [5, 5.41) is 13.0. The number of aromatic nitrogens is 2. The number of amides is 1. The average Bonchev–Trinajstić information content (AvgIpc) is 3.19. The van der Waals surface area contributed by atoms with Crippen LogP contribution in [0.2, 0.25) is 0 Å². The number of carbonyl (C=O) groups excluding carboxylic acids is 1. The normalized spacial score (nSPS) is 19.0. The molecule has 23 heavy (non-hydrogen) atoms. The molecule has 2 heterocycles. The first-order valence-corrected chi connectivity index (χ1v) is 7.62. The van der Waals surface area contributed by atoms with Crippen LogP contribution in [0.1, 0.15) is 30.0 Å². The molecule has 2 aromatic rings. The zero-order valence-electron chi connectivity index (χ0n) is 12.4. The lowest BCUT2D eigenvalue weighted by molar-refractivity contribution is -0.140. The Morgan fingerprint density at radius 2 is 2.00 bits per heavy atom. The molecule has 0 unspecified atom stereocenters. The van der Waals surface area contributed by atoms with Crippen LogP contribution in [-0.4, -0.2) is 33.7 Å². The first-order valence-electron chi connectivity index (χ1n) is 7.62. The number of nitriles is 1. The fourth-order valence-electron chi connectivity index (χ4n) is 3.21. The Morgan fingerprint density at radius 3 is 2.57 bits per heavy atom. The zero-order valence-corrected chi connectivity index (χ0v) is 12.4. The molecule has 6 heteroatoms. The van der Waals surface area contributed by atoms with Gasteiger partial charge >= 0.3 is 0 Å². The Kier molecular flexibility index (Phi) is 2.98. The highest BCUT2D eigenvalue weighted by Gasteiger charge is 2.54. The monoisotopic (exact) mass is 310 g/mol. The van der Waals surface area contributed by atoms with Gasteiger partial charge in [0, 0.05) is 19.3 Å². The molecule has 1 saturated carbocycles. The third kappa shape index (κ3) is 2.20. The van der Waals surface area contributed by atoms with E-state index in [-0.39, 0.29) is 17.8 Å². The first-order chi connectivity index (χ1) is 11.1. The second kappa shape index (κ2) is 4.92. The molecule has 1 aromatic heterocycles. The maximum absolute atomic E-state index is 13.1. The van der Waals surface area contributed by atoms with E-state index in [1.165, 1.54) is 18.3 Å². The maximum atomic E-state index is 13.1. The summed E-state index contributed by atoms with van der Waals surface area (Å²) in [6.45, 7) is 1.21. The fraction of sp³-hybridized carbons (Fsp3) is 0.353. The van der Waals surface area contributed by atoms with Crippen molar-refractivity contribution < 1.29 is 9.18 Å². The maximum Gasteiger partial charge on any atom is 0.233 e. The van der Waals surface area contributed by atoms with Crippen LogP contribution in [0, 0.1) is 17.1 Å². The molecule has 1 aliphatic carbocycles. The Balaban J connectivity index is 1.45. The lowest BCUT2D eigenvalue weighted by Crippen LogP contribution is -2.54. The van der Waals surface area contributed by atoms with Crippen LogP contribution < -0.4 is 0 Å². The van der Waals surface area contributed by atoms with E-state index in [1.54, 1.807) is 23.0 Å². The molecule has 2 fully saturated rings. The molecular formula is C17H15FN4O. The third-order valence-corrected chi connectivity index (χ3v) is 4.81. The van der Waals surface area contributed by atoms with Gasteiger partial charge in [-0.2, -0.15) is 10.4 Å². The average molecular weight is 310 g/mol. The van der Waals surface area contributed by atoms with E-state index in [1.807, 2.05) is 4.90 Å². The van der Waals surface area contributed by atoms with Crippen molar-refractivity contribution in [3.05, 3.63) is 53.6 Å². The molecule has 1 aliphatic heterocycles. The molecule has 0 spiro atoms. The van der Waals surface area contributed by atoms with Crippen LogP contribution in [-0.2, 0) is 10.2 Å². The Morgan fingerprint density at radius 1 is 1.30 bits per heavy atom. The lowest BCUT2D eigenvalue weighted by Gasteiger charge is -2.41. The van der Waals surface area contributed by atoms with Gasteiger partial charge in [0.15, 0.2) is 0 Å². The molecule has 5 nitrogen and oxygen atoms in total. The van der Waals surface area contributed by atoms with Gasteiger partial charge in [0.25, 0.3) is 0 Å². The van der Waals surface area contributed by atoms with Crippen molar-refractivity contribution in [1.82, 2.24) is 14.7 Å². The number of nitrogens with zero attached hydrogens (tertiary/aromatic N) is 4. The number of rotatable bonds is 3. The number of benzene rings is 1. The Labute approximate surface area is 132 Å². The fourth-order valence-corrected chi connectivity index (χ4v) is 3.21. The van der Waals surface area contributed by atoms with Crippen LogP contribution in [0.3, 0.4) is 0 Å². The van der Waals surface area contributed by atoms with Gasteiger partial charge < -0.3 is 4.90 Å². The van der Waals surface area contributed by atoms with Crippen molar-refractivity contribution in [2.45, 2.75) is 24.3 Å². The van der Waals surface area contributed by atoms with E-state index in [2.05, 4.69) is 11.2 Å². The number of halogens is 1. The summed E-state index contributed by atoms with van der Waals surface area (Å²) in [6, 6.07) is 8.43. The Bertz CT molecular complexity index is 795. The van der Waals surface area contributed by atoms with Crippen LogP contribution in [0.5, 0.6) is 0 Å². The van der Waals surface area contributed by atoms with Crippen LogP contribution in [0.4, 0.5) is 4.39 Å². The molecule has 4 rings (SSSR count). The van der Waals surface area contributed by atoms with Crippen molar-refractivity contribution in [1.29, 1.82) is 5.26 Å². The smallest absolute Gasteiger partial charge is 0.233 e. The number of likely N-dealkylation sites (tertiary alicyclic amines) is 1. The minimum atomic E-state index is -0.458. The predicted molar refractivity (Wildman–Crippen MR) is 79.9 cm³/mol. The molecule has 2 aliphatic rings. The van der Waals surface area contributed by atoms with Crippen LogP contribution in [0.15, 0.2) is 36.7 Å². The molecule has 0 N–H and O–H groups in total. The van der Waals surface area contributed by atoms with Gasteiger partial charge in [-0.3, -0.25) is 9.48 Å². The van der Waals surface area contributed by atoms with E-state index < -0.39 is 5.41 Å². The molecule has 0 atom stereocenters. The van der Waals surface area contributed by atoms with Crippen molar-refractivity contribution in [2.75, 3.05) is 13.1 Å². The molecule has 1 amide bonds. The summed E-state index contributed by atoms with van der Waals surface area (Å²) in [6.07, 6.45) is 4.88. The summed E-state index contributed by atoms with van der Waals surface area (Å²) < 4.78 is 14.8. The van der Waals surface area contributed by atoms with Crippen molar-refractivity contribution >= 4 is 5.91 Å². The highest BCUT2D eigenvalue weighted by molar-refractivity contribution is 5.91. The van der Waals surface area contributed by atoms with E-state index in [0.717, 1.165) is 18.4 Å². The van der Waals surface area contributed by atoms with Gasteiger partial charge in [0.2, 0.25) is 5.91 Å². The summed E-state index contributed by atoms with van der Waals surface area (Å²) in [7, 11) is 0. The van der Waals surface area contributed by atoms with Gasteiger partial charge in [-0.15, -0.1) is 0 Å². The minimum absolute atomic E-state index is 0.119. The molecule has 1 aromatic carbocycles. The van der Waals surface area contributed by atoms with Crippen molar-refractivity contribution in [2.24, 2.45) is 0 Å². The van der Waals surface area contributed by atoms with E-state index in [0.29, 0.717) is 18.7 Å². The van der Waals surface area contributed by atoms with Gasteiger partial charge in [0.1, 0.15) is 11.9 Å². The van der Waals surface area contributed by atoms with Gasteiger partial charge in [-0.1, -0.05) is 12.1 Å². The molecule has 116 valence electrons. The van der Waals surface area contributed by atoms with E-state index in [9.17, 15) is 9.18 Å². The second-order valence-corrected chi connectivity index (χ2v) is 6.27. The van der Waals surface area contributed by atoms with Gasteiger partial charge in [0.05, 0.1) is 23.2 Å². The molecule has 1 saturated heterocycles. The minimum Gasteiger partial charge on any atom is -0.337 e. The third-order valence-electron chi connectivity index (χ3n) is 4.81. The van der Waals surface area contributed by atoms with Crippen molar-refractivity contribution in [3.63, 3.8) is 0 Å². The van der Waals surface area contributed by atoms with E-state index in [4.69, 9.17) is 5.26 Å². The SMILES string of the molecule is N#Cc1cnn(C2CN(C(=O)C3(c4ccc(F)cc4)CC3)C2)c1. The summed E-state index contributed by atoms with van der Waals surface area (Å²) >= 11 is 0. The molecular weight excluding hydrogens is 295 g/mol. The number of carbonyl (C=O) groups is 1. The number of hydrogen-bond acceptors (Lipinski definition) is 3. The van der Waals surface area contributed by atoms with Gasteiger partial charge in [-0.05, 0) is 30.5 Å². The Hall–Kier alpha value is -2.68. The molecule has 0 radical (unpaired) electrons. The van der Waals surface area contributed by atoms with Crippen LogP contribution >= 0.6 is 0 Å². The van der Waals surface area contributed by atoms with Crippen LogP contribution in [0.25, 0.3) is 0 Å². The van der Waals surface area contributed by atoms with Gasteiger partial charge in [-0.25, -0.2) is 4.39 Å². The largest absolute Gasteiger partial charge is 0.337 e. The summed E-state index contributed by atoms with van der Waals surface area (Å²) in [5.74, 6) is -0.166. The molecule has 0 bridgehead atoms. The first kappa shape index (κ1) is 13.9. The number of hydrogen-bond donors (Lipinski definition) is 0. The predicted octanol–water partition coefficient (Wildman–Crippen LogP) is 2.01. The summed E-state index contributed by atoms with van der Waals surface area (Å²) in [5.41, 5.74) is 0.971. The van der Waals surface area contributed by atoms with Crippen molar-refractivity contribution in [3.8, 4) is 6.07 Å². The zero-order chi connectivity index (χ0) is 16.0.